The van der Waals surface area contributed by atoms with Gasteiger partial charge in [0.2, 0.25) is 0 Å². The molecule has 4 heteroatoms. The second kappa shape index (κ2) is 6.20. The molecule has 0 bridgehead atoms. The Morgan fingerprint density at radius 2 is 2.10 bits per heavy atom. The molecule has 1 saturated heterocycles. The summed E-state index contributed by atoms with van der Waals surface area (Å²) in [5.41, 5.74) is 7.02. The molecule has 2 heterocycles. The lowest BCUT2D eigenvalue weighted by molar-refractivity contribution is 0.277. The number of guanidine groups is 1. The number of para-hydroxylation sites is 1. The molecule has 1 aromatic heterocycles. The molecule has 2 aromatic rings. The van der Waals surface area contributed by atoms with Gasteiger partial charge in [0.15, 0.2) is 5.96 Å². The average molecular weight is 285 g/mol. The predicted octanol–water partition coefficient (Wildman–Crippen LogP) is 3.02. The predicted molar refractivity (Wildman–Crippen MR) is 86.4 cm³/mol. The number of nitrogens with two attached hydrogens (primary N) is 1. The molecule has 1 aromatic carbocycles. The Hall–Kier alpha value is -1.97. The third-order valence-electron chi connectivity index (χ3n) is 4.22. The second-order valence-corrected chi connectivity index (χ2v) is 5.91. The summed E-state index contributed by atoms with van der Waals surface area (Å²) in [5.74, 6) is 2.46. The number of furan rings is 1. The van der Waals surface area contributed by atoms with Crippen molar-refractivity contribution in [3.05, 3.63) is 36.1 Å². The maximum atomic E-state index is 6.08. The number of aliphatic imine (C=N–C) groups is 1. The Bertz CT molecular complexity index is 591. The van der Waals surface area contributed by atoms with Gasteiger partial charge in [-0.15, -0.1) is 0 Å². The summed E-state index contributed by atoms with van der Waals surface area (Å²) < 4.78 is 5.79. The summed E-state index contributed by atoms with van der Waals surface area (Å²) in [7, 11) is 0. The number of rotatable bonds is 3. The van der Waals surface area contributed by atoms with Gasteiger partial charge in [0.25, 0.3) is 0 Å². The van der Waals surface area contributed by atoms with Crippen molar-refractivity contribution in [3.8, 4) is 0 Å². The molecule has 4 nitrogen and oxygen atoms in total. The molecule has 0 saturated carbocycles. The zero-order valence-electron chi connectivity index (χ0n) is 12.6. The molecule has 1 aliphatic rings. The Kier molecular flexibility index (Phi) is 4.13. The topological polar surface area (TPSA) is 54.8 Å². The van der Waals surface area contributed by atoms with Crippen molar-refractivity contribution in [3.63, 3.8) is 0 Å². The van der Waals surface area contributed by atoms with Gasteiger partial charge < -0.3 is 15.1 Å². The zero-order chi connectivity index (χ0) is 14.7. The first kappa shape index (κ1) is 14.0. The van der Waals surface area contributed by atoms with Gasteiger partial charge in [-0.2, -0.15) is 0 Å². The standard InChI is InChI=1S/C17H23N3O/c1-13-7-10-20(11-8-13)17(18)19-9-6-15-12-14-4-2-3-5-16(14)21-15/h2-5,12-13H,6-11H2,1H3,(H2,18,19). The highest BCUT2D eigenvalue weighted by molar-refractivity contribution is 5.78. The van der Waals surface area contributed by atoms with Crippen molar-refractivity contribution < 1.29 is 4.42 Å². The van der Waals surface area contributed by atoms with Gasteiger partial charge in [0.05, 0.1) is 0 Å². The molecule has 21 heavy (non-hydrogen) atoms. The quantitative estimate of drug-likeness (QED) is 0.696. The first-order chi connectivity index (χ1) is 10.2. The minimum absolute atomic E-state index is 0.678. The Labute approximate surface area is 125 Å². The fraction of sp³-hybridized carbons (Fsp3) is 0.471. The van der Waals surface area contributed by atoms with Crippen LogP contribution >= 0.6 is 0 Å². The van der Waals surface area contributed by atoms with Gasteiger partial charge in [-0.3, -0.25) is 4.99 Å². The Balaban J connectivity index is 1.56. The minimum Gasteiger partial charge on any atom is -0.461 e. The molecule has 0 amide bonds. The van der Waals surface area contributed by atoms with Crippen LogP contribution in [0.1, 0.15) is 25.5 Å². The fourth-order valence-corrected chi connectivity index (χ4v) is 2.78. The lowest BCUT2D eigenvalue weighted by Gasteiger charge is -2.31. The van der Waals surface area contributed by atoms with Crippen LogP contribution in [-0.4, -0.2) is 30.5 Å². The van der Waals surface area contributed by atoms with E-state index in [1.54, 1.807) is 0 Å². The second-order valence-electron chi connectivity index (χ2n) is 5.91. The summed E-state index contributed by atoms with van der Waals surface area (Å²) >= 11 is 0. The summed E-state index contributed by atoms with van der Waals surface area (Å²) in [6, 6.07) is 10.2. The minimum atomic E-state index is 0.678. The highest BCUT2D eigenvalue weighted by Gasteiger charge is 2.16. The Morgan fingerprint density at radius 1 is 1.33 bits per heavy atom. The summed E-state index contributed by atoms with van der Waals surface area (Å²) in [6.45, 7) is 5.03. The van der Waals surface area contributed by atoms with Crippen molar-refractivity contribution >= 4 is 16.9 Å². The smallest absolute Gasteiger partial charge is 0.191 e. The van der Waals surface area contributed by atoms with E-state index in [1.807, 2.05) is 18.2 Å². The number of piperidine rings is 1. The van der Waals surface area contributed by atoms with Gasteiger partial charge in [0.1, 0.15) is 11.3 Å². The van der Waals surface area contributed by atoms with E-state index >= 15 is 0 Å². The van der Waals surface area contributed by atoms with E-state index in [4.69, 9.17) is 10.2 Å². The van der Waals surface area contributed by atoms with E-state index in [0.717, 1.165) is 42.2 Å². The normalized spacial score (nSPS) is 17.6. The molecule has 0 spiro atoms. The number of benzene rings is 1. The van der Waals surface area contributed by atoms with E-state index in [2.05, 4.69) is 28.9 Å². The molecule has 0 unspecified atom stereocenters. The van der Waals surface area contributed by atoms with Crippen molar-refractivity contribution in [1.29, 1.82) is 0 Å². The van der Waals surface area contributed by atoms with Crippen LogP contribution in [0.15, 0.2) is 39.7 Å². The number of fused-ring (bicyclic) bond motifs is 1. The first-order valence-corrected chi connectivity index (χ1v) is 7.74. The van der Waals surface area contributed by atoms with E-state index < -0.39 is 0 Å². The molecule has 1 fully saturated rings. The van der Waals surface area contributed by atoms with Crippen LogP contribution in [0.5, 0.6) is 0 Å². The van der Waals surface area contributed by atoms with E-state index in [1.165, 1.54) is 12.8 Å². The molecule has 0 radical (unpaired) electrons. The number of hydrogen-bond acceptors (Lipinski definition) is 2. The average Bonchev–Trinajstić information content (AvgIpc) is 2.90. The highest BCUT2D eigenvalue weighted by Crippen LogP contribution is 2.19. The molecule has 112 valence electrons. The summed E-state index contributed by atoms with van der Waals surface area (Å²) in [5, 5.41) is 1.15. The van der Waals surface area contributed by atoms with Crippen LogP contribution in [0.25, 0.3) is 11.0 Å². The van der Waals surface area contributed by atoms with E-state index in [-0.39, 0.29) is 0 Å². The number of nitrogens with zero attached hydrogens (tertiary/aromatic N) is 2. The number of hydrogen-bond donors (Lipinski definition) is 1. The fourth-order valence-electron chi connectivity index (χ4n) is 2.78. The van der Waals surface area contributed by atoms with Gasteiger partial charge in [-0.05, 0) is 30.9 Å². The number of likely N-dealkylation sites (tertiary alicyclic amines) is 1. The van der Waals surface area contributed by atoms with Crippen molar-refractivity contribution in [2.75, 3.05) is 19.6 Å². The van der Waals surface area contributed by atoms with E-state index in [0.29, 0.717) is 12.5 Å². The molecule has 1 aliphatic heterocycles. The molecule has 0 atom stereocenters. The maximum Gasteiger partial charge on any atom is 0.191 e. The van der Waals surface area contributed by atoms with Crippen LogP contribution in [0.2, 0.25) is 0 Å². The van der Waals surface area contributed by atoms with Gasteiger partial charge in [-0.1, -0.05) is 25.1 Å². The van der Waals surface area contributed by atoms with Crippen molar-refractivity contribution in [1.82, 2.24) is 4.90 Å². The summed E-state index contributed by atoms with van der Waals surface area (Å²) in [4.78, 5) is 6.69. The molecular formula is C17H23N3O. The third-order valence-corrected chi connectivity index (χ3v) is 4.22. The summed E-state index contributed by atoms with van der Waals surface area (Å²) in [6.07, 6.45) is 3.21. The first-order valence-electron chi connectivity index (χ1n) is 7.74. The molecule has 0 aliphatic carbocycles. The Morgan fingerprint density at radius 3 is 2.86 bits per heavy atom. The van der Waals surface area contributed by atoms with Crippen LogP contribution in [0, 0.1) is 5.92 Å². The lowest BCUT2D eigenvalue weighted by Crippen LogP contribution is -2.42. The lowest BCUT2D eigenvalue weighted by atomic mass is 10.00. The van der Waals surface area contributed by atoms with E-state index in [9.17, 15) is 0 Å². The third kappa shape index (κ3) is 3.38. The molecule has 3 rings (SSSR count). The van der Waals surface area contributed by atoms with Gasteiger partial charge in [-0.25, -0.2) is 0 Å². The van der Waals surface area contributed by atoms with Crippen LogP contribution < -0.4 is 5.73 Å². The van der Waals surface area contributed by atoms with Crippen molar-refractivity contribution in [2.45, 2.75) is 26.2 Å². The SMILES string of the molecule is CC1CCN(C(N)=NCCc2cc3ccccc3o2)CC1. The monoisotopic (exact) mass is 285 g/mol. The maximum absolute atomic E-state index is 6.08. The van der Waals surface area contributed by atoms with Crippen molar-refractivity contribution in [2.24, 2.45) is 16.6 Å². The van der Waals surface area contributed by atoms with Gasteiger partial charge >= 0.3 is 0 Å². The largest absolute Gasteiger partial charge is 0.461 e. The van der Waals surface area contributed by atoms with Crippen LogP contribution in [0.3, 0.4) is 0 Å². The van der Waals surface area contributed by atoms with Crippen LogP contribution in [-0.2, 0) is 6.42 Å². The zero-order valence-corrected chi connectivity index (χ0v) is 12.6. The van der Waals surface area contributed by atoms with Crippen LogP contribution in [0.4, 0.5) is 0 Å². The van der Waals surface area contributed by atoms with Gasteiger partial charge in [0, 0.05) is 31.4 Å². The highest BCUT2D eigenvalue weighted by atomic mass is 16.3. The molecular weight excluding hydrogens is 262 g/mol. The molecule has 2 N–H and O–H groups in total.